The summed E-state index contributed by atoms with van der Waals surface area (Å²) in [6.45, 7) is 8.66. The van der Waals surface area contributed by atoms with E-state index in [0.29, 0.717) is 62.1 Å². The lowest BCUT2D eigenvalue weighted by molar-refractivity contribution is 0.600. The number of benzene rings is 3. The third-order valence-corrected chi connectivity index (χ3v) is 9.47. The van der Waals surface area contributed by atoms with Crippen molar-refractivity contribution in [2.75, 3.05) is 17.6 Å². The van der Waals surface area contributed by atoms with Crippen LogP contribution in [-0.4, -0.2) is 31.3 Å². The number of rotatable bonds is 7. The Morgan fingerprint density at radius 1 is 1.09 bits per heavy atom. The van der Waals surface area contributed by atoms with E-state index < -0.39 is 10.0 Å². The lowest BCUT2D eigenvalue weighted by Crippen LogP contribution is -2.25. The summed E-state index contributed by atoms with van der Waals surface area (Å²) < 4.78 is 49.0. The Kier molecular flexibility index (Phi) is 7.26. The van der Waals surface area contributed by atoms with E-state index in [1.807, 2.05) is 49.4 Å². The fraction of sp³-hybridized carbons (Fsp3) is 0.147. The minimum atomic E-state index is -3.68. The van der Waals surface area contributed by atoms with Crippen molar-refractivity contribution in [1.82, 2.24) is 9.55 Å². The number of aryl methyl sites for hydroxylation is 2. The Balaban J connectivity index is 1.65. The molecule has 3 aromatic heterocycles. The predicted molar refractivity (Wildman–Crippen MR) is 178 cm³/mol. The van der Waals surface area contributed by atoms with E-state index >= 15 is 0 Å². The van der Waals surface area contributed by atoms with E-state index in [1.165, 1.54) is 23.5 Å². The second-order valence-corrected chi connectivity index (χ2v) is 13.1. The van der Waals surface area contributed by atoms with E-state index in [1.54, 1.807) is 18.2 Å². The Labute approximate surface area is 260 Å². The highest BCUT2D eigenvalue weighted by Crippen LogP contribution is 2.44. The molecule has 0 saturated heterocycles. The van der Waals surface area contributed by atoms with Gasteiger partial charge in [0.05, 0.1) is 45.1 Å². The molecule has 10 heteroatoms. The Hall–Kier alpha value is -4.60. The standard InChI is InChI=1S/C34H30ClFN4O3S/c1-6-40-27-10-8-7-9-23(27)31(35)33(40)32-19(2)11-16-26(38-32)24-17-25-29(18-28(24)39(4)44(5,41)42)43-34(30(25)20(3)37)21-12-14-22(36)15-13-21/h7-18H,3,6,37H2,1-2,4-5H3. The van der Waals surface area contributed by atoms with Crippen LogP contribution < -0.4 is 10.0 Å². The first-order chi connectivity index (χ1) is 20.9. The number of hydrogen-bond donors (Lipinski definition) is 1. The molecule has 0 aliphatic rings. The van der Waals surface area contributed by atoms with Crippen molar-refractivity contribution in [2.45, 2.75) is 20.4 Å². The molecule has 7 nitrogen and oxygen atoms in total. The quantitative estimate of drug-likeness (QED) is 0.192. The highest BCUT2D eigenvalue weighted by molar-refractivity contribution is 7.92. The van der Waals surface area contributed by atoms with Crippen LogP contribution >= 0.6 is 11.6 Å². The number of pyridine rings is 1. The molecule has 0 atom stereocenters. The van der Waals surface area contributed by atoms with Gasteiger partial charge < -0.3 is 14.7 Å². The maximum Gasteiger partial charge on any atom is 0.232 e. The first-order valence-corrected chi connectivity index (χ1v) is 16.1. The topological polar surface area (TPSA) is 94.4 Å². The van der Waals surface area contributed by atoms with Crippen LogP contribution in [0.5, 0.6) is 0 Å². The first kappa shape index (κ1) is 29.5. The number of fused-ring (bicyclic) bond motifs is 2. The third kappa shape index (κ3) is 4.82. The van der Waals surface area contributed by atoms with Gasteiger partial charge in [-0.1, -0.05) is 42.4 Å². The highest BCUT2D eigenvalue weighted by Gasteiger charge is 2.26. The van der Waals surface area contributed by atoms with Crippen molar-refractivity contribution in [3.63, 3.8) is 0 Å². The van der Waals surface area contributed by atoms with Gasteiger partial charge in [0.25, 0.3) is 0 Å². The van der Waals surface area contributed by atoms with Gasteiger partial charge in [0.2, 0.25) is 10.0 Å². The molecule has 0 aliphatic carbocycles. The molecule has 3 aromatic carbocycles. The molecule has 6 aromatic rings. The molecule has 0 fully saturated rings. The lowest BCUT2D eigenvalue weighted by atomic mass is 9.99. The van der Waals surface area contributed by atoms with Gasteiger partial charge in [-0.05, 0) is 61.9 Å². The minimum Gasteiger partial charge on any atom is -0.455 e. The third-order valence-electron chi connectivity index (χ3n) is 7.89. The maximum atomic E-state index is 13.7. The van der Waals surface area contributed by atoms with Gasteiger partial charge in [-0.25, -0.2) is 17.8 Å². The molecular weight excluding hydrogens is 599 g/mol. The zero-order valence-corrected chi connectivity index (χ0v) is 26.2. The van der Waals surface area contributed by atoms with Crippen molar-refractivity contribution < 1.29 is 17.2 Å². The van der Waals surface area contributed by atoms with Crippen LogP contribution in [-0.2, 0) is 16.6 Å². The second kappa shape index (κ2) is 10.8. The SMILES string of the molecule is C=C(N)c1c(-c2ccc(F)cc2)oc2cc(N(C)S(C)(=O)=O)c(-c3ccc(C)c(-c4c(Cl)c5ccccc5n4CC)n3)cc12. The molecule has 0 aliphatic heterocycles. The fourth-order valence-corrected chi connectivity index (χ4v) is 6.50. The van der Waals surface area contributed by atoms with E-state index in [9.17, 15) is 12.8 Å². The van der Waals surface area contributed by atoms with Crippen LogP contribution in [0, 0.1) is 12.7 Å². The Bertz CT molecular complexity index is 2220. The number of aromatic nitrogens is 2. The van der Waals surface area contributed by atoms with Crippen molar-refractivity contribution in [1.29, 1.82) is 0 Å². The summed E-state index contributed by atoms with van der Waals surface area (Å²) in [6, 6.07) is 21.0. The van der Waals surface area contributed by atoms with Crippen molar-refractivity contribution in [3.05, 3.63) is 101 Å². The second-order valence-electron chi connectivity index (χ2n) is 10.7. The number of furan rings is 1. The zero-order valence-electron chi connectivity index (χ0n) is 24.7. The minimum absolute atomic E-state index is 0.245. The van der Waals surface area contributed by atoms with Gasteiger partial charge in [0.15, 0.2) is 0 Å². The lowest BCUT2D eigenvalue weighted by Gasteiger charge is -2.21. The summed E-state index contributed by atoms with van der Waals surface area (Å²) >= 11 is 6.98. The van der Waals surface area contributed by atoms with Crippen LogP contribution in [0.1, 0.15) is 18.1 Å². The molecule has 0 amide bonds. The molecule has 6 rings (SSSR count). The van der Waals surface area contributed by atoms with Gasteiger partial charge in [0.1, 0.15) is 17.2 Å². The number of hydrogen-bond acceptors (Lipinski definition) is 5. The average molecular weight is 629 g/mol. The Morgan fingerprint density at radius 3 is 2.45 bits per heavy atom. The summed E-state index contributed by atoms with van der Waals surface area (Å²) in [7, 11) is -2.20. The summed E-state index contributed by atoms with van der Waals surface area (Å²) in [5.41, 5.74) is 12.8. The van der Waals surface area contributed by atoms with E-state index in [-0.39, 0.29) is 11.5 Å². The number of nitrogens with two attached hydrogens (primary N) is 1. The van der Waals surface area contributed by atoms with Crippen LogP contribution in [0.3, 0.4) is 0 Å². The molecule has 3 heterocycles. The number of anilines is 1. The molecular formula is C34H30ClFN4O3S. The van der Waals surface area contributed by atoms with Crippen molar-refractivity contribution in [2.24, 2.45) is 5.73 Å². The van der Waals surface area contributed by atoms with Crippen LogP contribution in [0.2, 0.25) is 5.02 Å². The first-order valence-electron chi connectivity index (χ1n) is 13.9. The van der Waals surface area contributed by atoms with Gasteiger partial charge in [-0.2, -0.15) is 0 Å². The van der Waals surface area contributed by atoms with Crippen LogP contribution in [0.25, 0.3) is 61.5 Å². The molecule has 0 saturated carbocycles. The monoisotopic (exact) mass is 628 g/mol. The number of sulfonamides is 1. The maximum absolute atomic E-state index is 13.7. The molecule has 0 bridgehead atoms. The van der Waals surface area contributed by atoms with Crippen LogP contribution in [0.15, 0.2) is 83.8 Å². The fourth-order valence-electron chi connectivity index (χ4n) is 5.64. The van der Waals surface area contributed by atoms with Crippen molar-refractivity contribution in [3.8, 4) is 34.0 Å². The Morgan fingerprint density at radius 2 is 1.80 bits per heavy atom. The van der Waals surface area contributed by atoms with Gasteiger partial charge in [-0.3, -0.25) is 4.31 Å². The zero-order chi connectivity index (χ0) is 31.5. The van der Waals surface area contributed by atoms with Gasteiger partial charge in [0, 0.05) is 47.3 Å². The molecule has 0 unspecified atom stereocenters. The van der Waals surface area contributed by atoms with Crippen LogP contribution in [0.4, 0.5) is 10.1 Å². The summed E-state index contributed by atoms with van der Waals surface area (Å²) in [4.78, 5) is 5.11. The molecule has 0 radical (unpaired) electrons. The normalized spacial score (nSPS) is 11.9. The van der Waals surface area contributed by atoms with Gasteiger partial charge >= 0.3 is 0 Å². The summed E-state index contributed by atoms with van der Waals surface area (Å²) in [5, 5.41) is 2.14. The molecule has 0 spiro atoms. The van der Waals surface area contributed by atoms with E-state index in [4.69, 9.17) is 26.7 Å². The largest absolute Gasteiger partial charge is 0.455 e. The smallest absolute Gasteiger partial charge is 0.232 e. The molecule has 2 N–H and O–H groups in total. The van der Waals surface area contributed by atoms with E-state index in [2.05, 4.69) is 18.1 Å². The summed E-state index contributed by atoms with van der Waals surface area (Å²) in [5.74, 6) is 0.00945. The number of halogens is 2. The summed E-state index contributed by atoms with van der Waals surface area (Å²) in [6.07, 6.45) is 1.13. The number of para-hydroxylation sites is 1. The average Bonchev–Trinajstić information content (AvgIpc) is 3.51. The van der Waals surface area contributed by atoms with Crippen molar-refractivity contribution >= 4 is 54.9 Å². The van der Waals surface area contributed by atoms with Gasteiger partial charge in [-0.15, -0.1) is 0 Å². The molecule has 224 valence electrons. The predicted octanol–water partition coefficient (Wildman–Crippen LogP) is 8.23. The number of nitrogens with zero attached hydrogens (tertiary/aromatic N) is 3. The van der Waals surface area contributed by atoms with E-state index in [0.717, 1.165) is 28.4 Å². The highest BCUT2D eigenvalue weighted by atomic mass is 35.5. The molecule has 44 heavy (non-hydrogen) atoms.